The standard InChI is InChI=1S/C34H22N4S/c1-21-16-17-24-26-19-27-25-14-8-9-15-30(25)39-31(27)20-29(26)38(28(24)18-21)34-36-32(22-10-4-2-5-11-22)35-33(37-34)23-12-6-3-7-13-23/h2-20H,1H3. The molecule has 3 heterocycles. The molecule has 0 atom stereocenters. The lowest BCUT2D eigenvalue weighted by Gasteiger charge is -2.11. The number of thiophene rings is 1. The molecule has 0 aliphatic rings. The van der Waals surface area contributed by atoms with Crippen LogP contribution in [0.15, 0.2) is 115 Å². The van der Waals surface area contributed by atoms with Crippen molar-refractivity contribution in [2.45, 2.75) is 6.92 Å². The number of rotatable bonds is 3. The third-order valence-electron chi connectivity index (χ3n) is 7.31. The van der Waals surface area contributed by atoms with Gasteiger partial charge in [-0.15, -0.1) is 11.3 Å². The summed E-state index contributed by atoms with van der Waals surface area (Å²) < 4.78 is 4.76. The first kappa shape index (κ1) is 22.1. The highest BCUT2D eigenvalue weighted by molar-refractivity contribution is 7.25. The molecule has 8 rings (SSSR count). The van der Waals surface area contributed by atoms with E-state index in [9.17, 15) is 0 Å². The monoisotopic (exact) mass is 518 g/mol. The molecule has 0 radical (unpaired) electrons. The maximum Gasteiger partial charge on any atom is 0.238 e. The highest BCUT2D eigenvalue weighted by atomic mass is 32.1. The fraction of sp³-hybridized carbons (Fsp3) is 0.0294. The largest absolute Gasteiger partial charge is 0.278 e. The van der Waals surface area contributed by atoms with Gasteiger partial charge < -0.3 is 0 Å². The van der Waals surface area contributed by atoms with Crippen molar-refractivity contribution in [2.75, 3.05) is 0 Å². The average molecular weight is 519 g/mol. The van der Waals surface area contributed by atoms with E-state index in [0.29, 0.717) is 17.6 Å². The SMILES string of the molecule is Cc1ccc2c3cc4c(cc3n(-c3nc(-c5ccccc5)nc(-c5ccccc5)n3)c2c1)sc1ccccc14. The number of aromatic nitrogens is 4. The molecule has 184 valence electrons. The summed E-state index contributed by atoms with van der Waals surface area (Å²) in [5, 5.41) is 4.97. The van der Waals surface area contributed by atoms with E-state index in [1.807, 2.05) is 72.0 Å². The summed E-state index contributed by atoms with van der Waals surface area (Å²) in [6.45, 7) is 2.13. The number of benzene rings is 5. The Hall–Kier alpha value is -4.87. The summed E-state index contributed by atoms with van der Waals surface area (Å²) in [7, 11) is 0. The predicted molar refractivity (Wildman–Crippen MR) is 163 cm³/mol. The van der Waals surface area contributed by atoms with Gasteiger partial charge in [0.1, 0.15) is 0 Å². The highest BCUT2D eigenvalue weighted by Gasteiger charge is 2.19. The lowest BCUT2D eigenvalue weighted by Crippen LogP contribution is -2.06. The van der Waals surface area contributed by atoms with Crippen LogP contribution in [0.5, 0.6) is 0 Å². The molecule has 0 N–H and O–H groups in total. The normalized spacial score (nSPS) is 11.7. The summed E-state index contributed by atoms with van der Waals surface area (Å²) in [6.07, 6.45) is 0. The van der Waals surface area contributed by atoms with Gasteiger partial charge in [0.05, 0.1) is 11.0 Å². The van der Waals surface area contributed by atoms with Gasteiger partial charge >= 0.3 is 0 Å². The maximum absolute atomic E-state index is 5.07. The lowest BCUT2D eigenvalue weighted by atomic mass is 10.1. The van der Waals surface area contributed by atoms with Crippen LogP contribution in [0.1, 0.15) is 5.56 Å². The third-order valence-corrected chi connectivity index (χ3v) is 8.44. The Morgan fingerprint density at radius 2 is 1.15 bits per heavy atom. The molecule has 0 spiro atoms. The summed E-state index contributed by atoms with van der Waals surface area (Å²) in [5.74, 6) is 1.93. The van der Waals surface area contributed by atoms with Crippen LogP contribution in [0.2, 0.25) is 0 Å². The fourth-order valence-corrected chi connectivity index (χ4v) is 6.58. The average Bonchev–Trinajstić information content (AvgIpc) is 3.50. The second-order valence-electron chi connectivity index (χ2n) is 9.83. The molecular formula is C34H22N4S. The zero-order valence-corrected chi connectivity index (χ0v) is 22.0. The van der Waals surface area contributed by atoms with Gasteiger partial charge in [0.2, 0.25) is 5.95 Å². The number of nitrogens with zero attached hydrogens (tertiary/aromatic N) is 4. The minimum absolute atomic E-state index is 0.619. The van der Waals surface area contributed by atoms with Crippen molar-refractivity contribution in [2.24, 2.45) is 0 Å². The Labute approximate surface area is 228 Å². The predicted octanol–water partition coefficient (Wildman–Crippen LogP) is 8.98. The van der Waals surface area contributed by atoms with Crippen molar-refractivity contribution < 1.29 is 0 Å². The van der Waals surface area contributed by atoms with Gasteiger partial charge in [0, 0.05) is 42.1 Å². The zero-order chi connectivity index (χ0) is 25.9. The molecule has 0 saturated carbocycles. The molecule has 3 aromatic heterocycles. The summed E-state index contributed by atoms with van der Waals surface area (Å²) in [6, 6.07) is 40.2. The minimum Gasteiger partial charge on any atom is -0.278 e. The molecule has 0 saturated heterocycles. The van der Waals surface area contributed by atoms with Crippen LogP contribution in [-0.4, -0.2) is 19.5 Å². The van der Waals surface area contributed by atoms with Gasteiger partial charge in [-0.2, -0.15) is 9.97 Å². The van der Waals surface area contributed by atoms with Crippen molar-refractivity contribution in [1.82, 2.24) is 19.5 Å². The molecule has 5 aromatic carbocycles. The van der Waals surface area contributed by atoms with Crippen molar-refractivity contribution >= 4 is 53.3 Å². The Morgan fingerprint density at radius 1 is 0.513 bits per heavy atom. The molecule has 8 aromatic rings. The highest BCUT2D eigenvalue weighted by Crippen LogP contribution is 2.40. The second kappa shape index (κ2) is 8.58. The van der Waals surface area contributed by atoms with Gasteiger partial charge in [-0.1, -0.05) is 91.0 Å². The summed E-state index contributed by atoms with van der Waals surface area (Å²) in [4.78, 5) is 15.0. The van der Waals surface area contributed by atoms with Crippen molar-refractivity contribution in [3.8, 4) is 28.7 Å². The van der Waals surface area contributed by atoms with Gasteiger partial charge in [0.15, 0.2) is 11.6 Å². The number of fused-ring (bicyclic) bond motifs is 6. The molecular weight excluding hydrogens is 496 g/mol. The van der Waals surface area contributed by atoms with E-state index >= 15 is 0 Å². The quantitative estimate of drug-likeness (QED) is 0.234. The third kappa shape index (κ3) is 3.55. The van der Waals surface area contributed by atoms with E-state index < -0.39 is 0 Å². The fourth-order valence-electron chi connectivity index (χ4n) is 5.46. The topological polar surface area (TPSA) is 43.6 Å². The molecule has 0 unspecified atom stereocenters. The Morgan fingerprint density at radius 3 is 1.87 bits per heavy atom. The number of hydrogen-bond donors (Lipinski definition) is 0. The first-order valence-electron chi connectivity index (χ1n) is 13.0. The second-order valence-corrected chi connectivity index (χ2v) is 10.9. The molecule has 0 fully saturated rings. The maximum atomic E-state index is 5.07. The lowest BCUT2D eigenvalue weighted by molar-refractivity contribution is 0.953. The van der Waals surface area contributed by atoms with E-state index in [4.69, 9.17) is 15.0 Å². The number of aryl methyl sites for hydroxylation is 1. The van der Waals surface area contributed by atoms with Crippen LogP contribution in [0.4, 0.5) is 0 Å². The van der Waals surface area contributed by atoms with E-state index in [-0.39, 0.29) is 0 Å². The van der Waals surface area contributed by atoms with Crippen LogP contribution in [0.25, 0.3) is 70.7 Å². The van der Waals surface area contributed by atoms with Gasteiger partial charge in [-0.25, -0.2) is 4.98 Å². The smallest absolute Gasteiger partial charge is 0.238 e. The minimum atomic E-state index is 0.619. The van der Waals surface area contributed by atoms with Crippen LogP contribution in [0, 0.1) is 6.92 Å². The zero-order valence-electron chi connectivity index (χ0n) is 21.2. The van der Waals surface area contributed by atoms with Crippen molar-refractivity contribution in [3.05, 3.63) is 121 Å². The Kier molecular flexibility index (Phi) is 4.87. The Balaban J connectivity index is 1.49. The summed E-state index contributed by atoms with van der Waals surface area (Å²) >= 11 is 1.83. The molecule has 0 aliphatic carbocycles. The van der Waals surface area contributed by atoms with Crippen LogP contribution < -0.4 is 0 Å². The molecule has 5 heteroatoms. The van der Waals surface area contributed by atoms with E-state index in [2.05, 4.69) is 66.1 Å². The Bertz CT molecular complexity index is 2120. The van der Waals surface area contributed by atoms with Crippen LogP contribution in [-0.2, 0) is 0 Å². The van der Waals surface area contributed by atoms with Gasteiger partial charge in [0.25, 0.3) is 0 Å². The van der Waals surface area contributed by atoms with E-state index in [1.165, 1.54) is 36.5 Å². The van der Waals surface area contributed by atoms with E-state index in [1.54, 1.807) is 0 Å². The first-order chi connectivity index (χ1) is 19.2. The molecule has 0 bridgehead atoms. The number of hydrogen-bond acceptors (Lipinski definition) is 4. The molecule has 39 heavy (non-hydrogen) atoms. The summed E-state index contributed by atoms with van der Waals surface area (Å²) in [5.41, 5.74) is 5.30. The van der Waals surface area contributed by atoms with Crippen molar-refractivity contribution in [1.29, 1.82) is 0 Å². The van der Waals surface area contributed by atoms with Crippen molar-refractivity contribution in [3.63, 3.8) is 0 Å². The van der Waals surface area contributed by atoms with Gasteiger partial charge in [-0.3, -0.25) is 4.57 Å². The van der Waals surface area contributed by atoms with Gasteiger partial charge in [-0.05, 0) is 36.8 Å². The molecule has 0 amide bonds. The molecule has 0 aliphatic heterocycles. The van der Waals surface area contributed by atoms with Crippen LogP contribution in [0.3, 0.4) is 0 Å². The molecule has 4 nitrogen and oxygen atoms in total. The first-order valence-corrected chi connectivity index (χ1v) is 13.8. The van der Waals surface area contributed by atoms with Crippen LogP contribution >= 0.6 is 11.3 Å². The van der Waals surface area contributed by atoms with E-state index in [0.717, 1.165) is 22.2 Å².